The molecule has 0 amide bonds. The Hall–Kier alpha value is -1.09. The van der Waals surface area contributed by atoms with Gasteiger partial charge in [-0.2, -0.15) is 0 Å². The number of rotatable bonds is 6. The highest BCUT2D eigenvalue weighted by Crippen LogP contribution is 2.30. The van der Waals surface area contributed by atoms with Crippen LogP contribution in [0, 0.1) is 5.82 Å². The number of hydrogen-bond donors (Lipinski definition) is 1. The minimum Gasteiger partial charge on any atom is -0.371 e. The van der Waals surface area contributed by atoms with Gasteiger partial charge in [-0.25, -0.2) is 4.39 Å². The van der Waals surface area contributed by atoms with E-state index in [-0.39, 0.29) is 5.82 Å². The van der Waals surface area contributed by atoms with Crippen LogP contribution in [0.5, 0.6) is 0 Å². The van der Waals surface area contributed by atoms with E-state index in [1.54, 1.807) is 6.07 Å². The molecule has 3 heteroatoms. The molecule has 1 saturated carbocycles. The Labute approximate surface area is 116 Å². The fourth-order valence-corrected chi connectivity index (χ4v) is 2.93. The minimum atomic E-state index is -0.0917. The summed E-state index contributed by atoms with van der Waals surface area (Å²) in [5, 5.41) is 3.31. The average Bonchev–Trinajstić information content (AvgIpc) is 2.94. The lowest BCUT2D eigenvalue weighted by molar-refractivity contribution is 0.579. The predicted molar refractivity (Wildman–Crippen MR) is 79.1 cm³/mol. The maximum Gasteiger partial charge on any atom is 0.129 e. The van der Waals surface area contributed by atoms with E-state index < -0.39 is 0 Å². The average molecular weight is 264 g/mol. The zero-order valence-corrected chi connectivity index (χ0v) is 12.1. The lowest BCUT2D eigenvalue weighted by atomic mass is 10.1. The fraction of sp³-hybridized carbons (Fsp3) is 0.625. The lowest BCUT2D eigenvalue weighted by Gasteiger charge is -2.29. The highest BCUT2D eigenvalue weighted by molar-refractivity contribution is 5.54. The van der Waals surface area contributed by atoms with E-state index in [0.717, 1.165) is 24.2 Å². The van der Waals surface area contributed by atoms with E-state index in [2.05, 4.69) is 24.2 Å². The van der Waals surface area contributed by atoms with Crippen LogP contribution >= 0.6 is 0 Å². The molecule has 2 nitrogen and oxygen atoms in total. The molecule has 1 aromatic carbocycles. The summed E-state index contributed by atoms with van der Waals surface area (Å²) in [5.74, 6) is -0.0917. The molecule has 0 spiro atoms. The Bertz CT molecular complexity index is 400. The third-order valence-corrected chi connectivity index (χ3v) is 4.08. The quantitative estimate of drug-likeness (QED) is 0.788. The zero-order chi connectivity index (χ0) is 13.7. The summed E-state index contributed by atoms with van der Waals surface area (Å²) in [4.78, 5) is 2.28. The van der Waals surface area contributed by atoms with Crippen LogP contribution in [-0.4, -0.2) is 19.6 Å². The largest absolute Gasteiger partial charge is 0.371 e. The van der Waals surface area contributed by atoms with Crippen molar-refractivity contribution in [1.82, 2.24) is 5.32 Å². The van der Waals surface area contributed by atoms with Gasteiger partial charge in [0.05, 0.1) is 0 Å². The predicted octanol–water partition coefficient (Wildman–Crippen LogP) is 3.70. The molecule has 0 saturated heterocycles. The summed E-state index contributed by atoms with van der Waals surface area (Å²) in [7, 11) is 2.11. The smallest absolute Gasteiger partial charge is 0.129 e. The van der Waals surface area contributed by atoms with Crippen LogP contribution in [0.3, 0.4) is 0 Å². The van der Waals surface area contributed by atoms with Crippen molar-refractivity contribution in [3.8, 4) is 0 Å². The molecule has 1 aliphatic carbocycles. The number of halogens is 1. The Morgan fingerprint density at radius 3 is 2.74 bits per heavy atom. The van der Waals surface area contributed by atoms with Crippen LogP contribution in [0.4, 0.5) is 10.1 Å². The van der Waals surface area contributed by atoms with Crippen molar-refractivity contribution >= 4 is 5.69 Å². The third kappa shape index (κ3) is 3.47. The van der Waals surface area contributed by atoms with Crippen LogP contribution in [0.25, 0.3) is 0 Å². The summed E-state index contributed by atoms with van der Waals surface area (Å²) in [6.45, 7) is 3.67. The van der Waals surface area contributed by atoms with E-state index in [1.165, 1.54) is 25.7 Å². The van der Waals surface area contributed by atoms with Crippen molar-refractivity contribution in [2.75, 3.05) is 18.5 Å². The molecule has 0 aromatic heterocycles. The van der Waals surface area contributed by atoms with Gasteiger partial charge >= 0.3 is 0 Å². The number of benzene rings is 1. The molecule has 0 aliphatic heterocycles. The molecular weight excluding hydrogens is 239 g/mol. The summed E-state index contributed by atoms with van der Waals surface area (Å²) in [6.07, 6.45) is 6.13. The molecule has 1 aromatic rings. The van der Waals surface area contributed by atoms with E-state index in [1.807, 2.05) is 12.1 Å². The first-order valence-corrected chi connectivity index (χ1v) is 7.45. The summed E-state index contributed by atoms with van der Waals surface area (Å²) >= 11 is 0. The number of nitrogens with one attached hydrogen (secondary N) is 1. The van der Waals surface area contributed by atoms with Gasteiger partial charge in [0.25, 0.3) is 0 Å². The third-order valence-electron chi connectivity index (χ3n) is 4.08. The van der Waals surface area contributed by atoms with Gasteiger partial charge in [0.15, 0.2) is 0 Å². The monoisotopic (exact) mass is 264 g/mol. The van der Waals surface area contributed by atoms with Crippen molar-refractivity contribution in [3.05, 3.63) is 29.6 Å². The van der Waals surface area contributed by atoms with Crippen LogP contribution in [0.15, 0.2) is 18.2 Å². The van der Waals surface area contributed by atoms with Gasteiger partial charge in [-0.05, 0) is 37.9 Å². The topological polar surface area (TPSA) is 15.3 Å². The Balaban J connectivity index is 2.15. The van der Waals surface area contributed by atoms with Crippen LogP contribution < -0.4 is 10.2 Å². The van der Waals surface area contributed by atoms with Crippen molar-refractivity contribution in [1.29, 1.82) is 0 Å². The summed E-state index contributed by atoms with van der Waals surface area (Å²) in [5.41, 5.74) is 1.86. The Kier molecular flexibility index (Phi) is 5.20. The SMILES string of the molecule is CCCNCc1c(F)cccc1N(C)C1CCCC1. The maximum absolute atomic E-state index is 14.1. The summed E-state index contributed by atoms with van der Waals surface area (Å²) in [6, 6.07) is 6.00. The second kappa shape index (κ2) is 6.90. The minimum absolute atomic E-state index is 0.0917. The van der Waals surface area contributed by atoms with Crippen molar-refractivity contribution in [2.24, 2.45) is 0 Å². The fourth-order valence-electron chi connectivity index (χ4n) is 2.93. The molecule has 1 aliphatic rings. The molecule has 0 bridgehead atoms. The van der Waals surface area contributed by atoms with Crippen molar-refractivity contribution in [2.45, 2.75) is 51.6 Å². The van der Waals surface area contributed by atoms with Gasteiger partial charge in [-0.3, -0.25) is 0 Å². The lowest BCUT2D eigenvalue weighted by Crippen LogP contribution is -2.30. The van der Waals surface area contributed by atoms with Crippen LogP contribution in [0.1, 0.15) is 44.6 Å². The first kappa shape index (κ1) is 14.3. The number of nitrogens with zero attached hydrogens (tertiary/aromatic N) is 1. The molecular formula is C16H25FN2. The van der Waals surface area contributed by atoms with E-state index >= 15 is 0 Å². The Morgan fingerprint density at radius 1 is 1.32 bits per heavy atom. The highest BCUT2D eigenvalue weighted by Gasteiger charge is 2.22. The van der Waals surface area contributed by atoms with Gasteiger partial charge in [0.1, 0.15) is 5.82 Å². The normalized spacial score (nSPS) is 15.9. The Morgan fingerprint density at radius 2 is 2.05 bits per heavy atom. The van der Waals surface area contributed by atoms with E-state index in [9.17, 15) is 4.39 Å². The summed E-state index contributed by atoms with van der Waals surface area (Å²) < 4.78 is 14.1. The molecule has 1 fully saturated rings. The van der Waals surface area contributed by atoms with Gasteiger partial charge in [-0.15, -0.1) is 0 Å². The second-order valence-electron chi connectivity index (χ2n) is 5.46. The first-order valence-electron chi connectivity index (χ1n) is 7.45. The molecule has 0 unspecified atom stereocenters. The molecule has 0 radical (unpaired) electrons. The van der Waals surface area contributed by atoms with E-state index in [4.69, 9.17) is 0 Å². The van der Waals surface area contributed by atoms with Gasteiger partial charge in [-0.1, -0.05) is 25.8 Å². The highest BCUT2D eigenvalue weighted by atomic mass is 19.1. The van der Waals surface area contributed by atoms with Crippen molar-refractivity contribution in [3.63, 3.8) is 0 Å². The maximum atomic E-state index is 14.1. The van der Waals surface area contributed by atoms with Gasteiger partial charge in [0, 0.05) is 30.9 Å². The molecule has 0 heterocycles. The number of anilines is 1. The van der Waals surface area contributed by atoms with Gasteiger partial charge in [0.2, 0.25) is 0 Å². The molecule has 2 rings (SSSR count). The van der Waals surface area contributed by atoms with Crippen molar-refractivity contribution < 1.29 is 4.39 Å². The second-order valence-corrected chi connectivity index (χ2v) is 5.46. The number of hydrogen-bond acceptors (Lipinski definition) is 2. The molecule has 1 N–H and O–H groups in total. The van der Waals surface area contributed by atoms with Gasteiger partial charge < -0.3 is 10.2 Å². The standard InChI is InChI=1S/C16H25FN2/c1-3-11-18-12-14-15(17)9-6-10-16(14)19(2)13-7-4-5-8-13/h6,9-10,13,18H,3-5,7-8,11-12H2,1-2H3. The zero-order valence-electron chi connectivity index (χ0n) is 12.1. The molecule has 19 heavy (non-hydrogen) atoms. The van der Waals surface area contributed by atoms with Crippen LogP contribution in [0.2, 0.25) is 0 Å². The molecule has 0 atom stereocenters. The molecule has 106 valence electrons. The first-order chi connectivity index (χ1) is 9.24. The van der Waals surface area contributed by atoms with E-state index in [0.29, 0.717) is 12.6 Å². The van der Waals surface area contributed by atoms with Crippen LogP contribution in [-0.2, 0) is 6.54 Å².